The predicted octanol–water partition coefficient (Wildman–Crippen LogP) is 0.832. The summed E-state index contributed by atoms with van der Waals surface area (Å²) in [5, 5.41) is 20.9. The average molecular weight is 306 g/mol. The highest BCUT2D eigenvalue weighted by Gasteiger charge is 2.55. The van der Waals surface area contributed by atoms with Gasteiger partial charge in [-0.15, -0.1) is 5.10 Å². The van der Waals surface area contributed by atoms with E-state index in [9.17, 15) is 14.8 Å². The average Bonchev–Trinajstić information content (AvgIpc) is 2.90. The first kappa shape index (κ1) is 15.1. The van der Waals surface area contributed by atoms with E-state index >= 15 is 0 Å². The van der Waals surface area contributed by atoms with Crippen molar-refractivity contribution in [2.45, 2.75) is 39.7 Å². The summed E-state index contributed by atoms with van der Waals surface area (Å²) in [7, 11) is 1.26. The Hall–Kier alpha value is -1.76. The zero-order valence-electron chi connectivity index (χ0n) is 13.3. The lowest BCUT2D eigenvalue weighted by Gasteiger charge is -2.31. The molecule has 0 spiro atoms. The summed E-state index contributed by atoms with van der Waals surface area (Å²) in [6, 6.07) is -0.822. The molecular weight excluding hydrogens is 284 g/mol. The van der Waals surface area contributed by atoms with Crippen LogP contribution in [0, 0.1) is 23.2 Å². The molecule has 1 heterocycles. The normalized spacial score (nSPS) is 30.0. The number of nitrogens with zero attached hydrogens (tertiary/aromatic N) is 3. The fourth-order valence-electron chi connectivity index (χ4n) is 3.37. The van der Waals surface area contributed by atoms with Crippen molar-refractivity contribution >= 4 is 23.2 Å². The van der Waals surface area contributed by atoms with E-state index < -0.39 is 17.4 Å². The third-order valence-electron chi connectivity index (χ3n) is 4.74. The molecular formula is C15H22N4O3. The molecule has 0 bridgehead atoms. The second kappa shape index (κ2) is 4.87. The third kappa shape index (κ3) is 2.43. The highest BCUT2D eigenvalue weighted by atomic mass is 16.5. The quantitative estimate of drug-likeness (QED) is 0.597. The molecule has 3 unspecified atom stereocenters. The van der Waals surface area contributed by atoms with Crippen molar-refractivity contribution in [1.29, 1.82) is 0 Å². The van der Waals surface area contributed by atoms with Crippen LogP contribution in [0.4, 0.5) is 0 Å². The lowest BCUT2D eigenvalue weighted by molar-refractivity contribution is -0.165. The van der Waals surface area contributed by atoms with Crippen LogP contribution in [0.2, 0.25) is 0 Å². The van der Waals surface area contributed by atoms with Crippen LogP contribution < -0.4 is 5.32 Å². The van der Waals surface area contributed by atoms with Crippen molar-refractivity contribution in [3.05, 3.63) is 0 Å². The van der Waals surface area contributed by atoms with Gasteiger partial charge in [0.15, 0.2) is 0 Å². The van der Waals surface area contributed by atoms with E-state index in [2.05, 4.69) is 15.5 Å². The van der Waals surface area contributed by atoms with E-state index in [1.165, 1.54) is 7.05 Å². The first-order valence-corrected chi connectivity index (χ1v) is 7.62. The highest BCUT2D eigenvalue weighted by molar-refractivity contribution is 6.45. The van der Waals surface area contributed by atoms with E-state index in [0.717, 1.165) is 18.6 Å². The number of carbonyl (C=O) groups excluding carboxylic acids is 2. The standard InChI is InChI=1S/C15H22N4O3/c1-15(2,3)12(14(21)19(4)22)16-13(20)11-9-6-7-5-8(7)10(9)17-18-11/h7-9,12,22H,5-6H2,1-4H3,(H,16,20)/t7?,8?,9?,12-/m1/s1. The zero-order chi connectivity index (χ0) is 16.2. The van der Waals surface area contributed by atoms with Crippen LogP contribution in [-0.2, 0) is 9.59 Å². The highest BCUT2D eigenvalue weighted by Crippen LogP contribution is 2.54. The van der Waals surface area contributed by atoms with E-state index in [1.807, 2.05) is 20.8 Å². The monoisotopic (exact) mass is 306 g/mol. The van der Waals surface area contributed by atoms with Crippen LogP contribution in [0.25, 0.3) is 0 Å². The Labute approximate surface area is 129 Å². The van der Waals surface area contributed by atoms with Gasteiger partial charge < -0.3 is 5.32 Å². The minimum absolute atomic E-state index is 0.0197. The maximum absolute atomic E-state index is 12.5. The molecule has 1 aliphatic heterocycles. The van der Waals surface area contributed by atoms with Gasteiger partial charge >= 0.3 is 0 Å². The summed E-state index contributed by atoms with van der Waals surface area (Å²) in [5.41, 5.74) is 0.919. The Kier molecular flexibility index (Phi) is 3.36. The lowest BCUT2D eigenvalue weighted by atomic mass is 9.85. The van der Waals surface area contributed by atoms with Crippen molar-refractivity contribution in [2.75, 3.05) is 7.05 Å². The molecule has 22 heavy (non-hydrogen) atoms. The smallest absolute Gasteiger partial charge is 0.268 e. The molecule has 0 aromatic heterocycles. The number of nitrogens with one attached hydrogen (secondary N) is 1. The Balaban J connectivity index is 1.71. The van der Waals surface area contributed by atoms with Gasteiger partial charge in [-0.3, -0.25) is 14.8 Å². The topological polar surface area (TPSA) is 94.4 Å². The van der Waals surface area contributed by atoms with Crippen LogP contribution >= 0.6 is 0 Å². The molecule has 3 rings (SSSR count). The molecule has 120 valence electrons. The Bertz CT molecular complexity index is 588. The Morgan fingerprint density at radius 1 is 1.32 bits per heavy atom. The summed E-state index contributed by atoms with van der Waals surface area (Å²) >= 11 is 0. The second-order valence-electron chi connectivity index (χ2n) is 7.54. The molecule has 2 aliphatic carbocycles. The molecule has 2 amide bonds. The summed E-state index contributed by atoms with van der Waals surface area (Å²) in [6.07, 6.45) is 2.10. The van der Waals surface area contributed by atoms with Gasteiger partial charge in [0.05, 0.1) is 5.71 Å². The number of rotatable bonds is 3. The van der Waals surface area contributed by atoms with Gasteiger partial charge in [-0.2, -0.15) is 5.10 Å². The maximum Gasteiger partial charge on any atom is 0.268 e. The van der Waals surface area contributed by atoms with Crippen molar-refractivity contribution in [3.8, 4) is 0 Å². The second-order valence-corrected chi connectivity index (χ2v) is 7.54. The first-order valence-electron chi connectivity index (χ1n) is 7.62. The molecule has 0 aromatic carbocycles. The SMILES string of the molecule is CN(O)C(=O)[C@@H](NC(=O)C1=NN=C2C1CC1CC21)C(C)(C)C. The number of hydrogen-bond donors (Lipinski definition) is 2. The number of hydroxylamine groups is 2. The predicted molar refractivity (Wildman–Crippen MR) is 80.5 cm³/mol. The van der Waals surface area contributed by atoms with Crippen molar-refractivity contribution in [3.63, 3.8) is 0 Å². The van der Waals surface area contributed by atoms with E-state index in [0.29, 0.717) is 22.6 Å². The molecule has 2 N–H and O–H groups in total. The zero-order valence-corrected chi connectivity index (χ0v) is 13.3. The molecule has 7 heteroatoms. The van der Waals surface area contributed by atoms with E-state index in [4.69, 9.17) is 0 Å². The van der Waals surface area contributed by atoms with Crippen molar-refractivity contribution in [2.24, 2.45) is 33.4 Å². The van der Waals surface area contributed by atoms with Gasteiger partial charge in [-0.05, 0) is 24.2 Å². The van der Waals surface area contributed by atoms with Crippen molar-refractivity contribution in [1.82, 2.24) is 10.4 Å². The van der Waals surface area contributed by atoms with Gasteiger partial charge in [-0.25, -0.2) is 5.06 Å². The van der Waals surface area contributed by atoms with Crippen LogP contribution in [0.5, 0.6) is 0 Å². The molecule has 0 aromatic rings. The number of fused-ring (bicyclic) bond motifs is 3. The molecule has 4 atom stereocenters. The fourth-order valence-corrected chi connectivity index (χ4v) is 3.37. The van der Waals surface area contributed by atoms with Gasteiger partial charge in [-0.1, -0.05) is 20.8 Å². The Morgan fingerprint density at radius 3 is 2.59 bits per heavy atom. The Morgan fingerprint density at radius 2 is 2.00 bits per heavy atom. The molecule has 2 saturated carbocycles. The van der Waals surface area contributed by atoms with Crippen LogP contribution in [0.15, 0.2) is 10.2 Å². The summed E-state index contributed by atoms with van der Waals surface area (Å²) in [6.45, 7) is 5.51. The molecule has 0 saturated heterocycles. The van der Waals surface area contributed by atoms with Crippen LogP contribution in [0.3, 0.4) is 0 Å². The van der Waals surface area contributed by atoms with Gasteiger partial charge in [0.25, 0.3) is 11.8 Å². The number of carbonyl (C=O) groups is 2. The first-order chi connectivity index (χ1) is 10.2. The summed E-state index contributed by atoms with van der Waals surface area (Å²) < 4.78 is 0. The van der Waals surface area contributed by atoms with Crippen molar-refractivity contribution < 1.29 is 14.8 Å². The number of likely N-dealkylation sites (N-methyl/N-ethyl adjacent to an activating group) is 1. The largest absolute Gasteiger partial charge is 0.338 e. The summed E-state index contributed by atoms with van der Waals surface area (Å²) in [4.78, 5) is 24.6. The molecule has 7 nitrogen and oxygen atoms in total. The van der Waals surface area contributed by atoms with Crippen LogP contribution in [-0.4, -0.2) is 46.6 Å². The molecule has 3 aliphatic rings. The van der Waals surface area contributed by atoms with E-state index in [-0.39, 0.29) is 11.8 Å². The van der Waals surface area contributed by atoms with Gasteiger partial charge in [0.2, 0.25) is 0 Å². The summed E-state index contributed by atoms with van der Waals surface area (Å²) in [5.74, 6) is 0.287. The lowest BCUT2D eigenvalue weighted by Crippen LogP contribution is -2.55. The van der Waals surface area contributed by atoms with E-state index in [1.54, 1.807) is 0 Å². The minimum Gasteiger partial charge on any atom is -0.338 e. The van der Waals surface area contributed by atoms with Crippen LogP contribution in [0.1, 0.15) is 33.6 Å². The number of amides is 2. The van der Waals surface area contributed by atoms with Gasteiger partial charge in [0.1, 0.15) is 11.8 Å². The molecule has 2 fully saturated rings. The third-order valence-corrected chi connectivity index (χ3v) is 4.74. The number of hydrogen-bond acceptors (Lipinski definition) is 5. The van der Waals surface area contributed by atoms with Gasteiger partial charge in [0, 0.05) is 18.9 Å². The maximum atomic E-state index is 12.5. The minimum atomic E-state index is -0.822. The molecule has 0 radical (unpaired) electrons. The fraction of sp³-hybridized carbons (Fsp3) is 0.733.